The molecule has 0 bridgehead atoms. The van der Waals surface area contributed by atoms with Crippen molar-refractivity contribution in [3.63, 3.8) is 0 Å². The first-order chi connectivity index (χ1) is 9.50. The molecule has 1 saturated carbocycles. The molecule has 0 aliphatic heterocycles. The fraction of sp³-hybridized carbons (Fsp3) is 0.625. The van der Waals surface area contributed by atoms with Crippen LogP contribution in [0.5, 0.6) is 0 Å². The van der Waals surface area contributed by atoms with Gasteiger partial charge in [0.05, 0.1) is 11.7 Å². The van der Waals surface area contributed by atoms with Crippen LogP contribution in [0.1, 0.15) is 44.3 Å². The molecule has 2 rings (SSSR count). The van der Waals surface area contributed by atoms with Crippen molar-refractivity contribution in [2.45, 2.75) is 44.3 Å². The van der Waals surface area contributed by atoms with E-state index < -0.39 is 11.7 Å². The van der Waals surface area contributed by atoms with Crippen LogP contribution in [0, 0.1) is 5.92 Å². The Bertz CT molecular complexity index is 440. The van der Waals surface area contributed by atoms with Gasteiger partial charge in [0.25, 0.3) is 0 Å². The Morgan fingerprint density at radius 1 is 1.45 bits per heavy atom. The first-order valence-electron chi connectivity index (χ1n) is 7.36. The lowest BCUT2D eigenvalue weighted by Crippen LogP contribution is -2.44. The molecule has 4 heteroatoms. The van der Waals surface area contributed by atoms with Crippen LogP contribution in [-0.4, -0.2) is 28.9 Å². The zero-order valence-electron chi connectivity index (χ0n) is 12.0. The second-order valence-corrected chi connectivity index (χ2v) is 6.50. The predicted molar refractivity (Wildman–Crippen MR) is 81.9 cm³/mol. The number of halogens is 1. The van der Waals surface area contributed by atoms with E-state index in [4.69, 9.17) is 11.6 Å². The maximum Gasteiger partial charge on any atom is 0.0928 e. The molecule has 0 aromatic heterocycles. The summed E-state index contributed by atoms with van der Waals surface area (Å²) in [6, 6.07) is 7.31. The van der Waals surface area contributed by atoms with E-state index in [-0.39, 0.29) is 0 Å². The third-order valence-corrected chi connectivity index (χ3v) is 4.47. The molecule has 0 amide bonds. The summed E-state index contributed by atoms with van der Waals surface area (Å²) in [5.41, 5.74) is 0.100. The predicted octanol–water partition coefficient (Wildman–Crippen LogP) is 2.90. The minimum absolute atomic E-state index is 0.403. The van der Waals surface area contributed by atoms with Gasteiger partial charge in [0.2, 0.25) is 0 Å². The SMILES string of the molecule is CC1CCCC(O)(CNCC(O)c2ccccc2Cl)C1. The third kappa shape index (κ3) is 4.19. The van der Waals surface area contributed by atoms with E-state index in [1.54, 1.807) is 6.07 Å². The molecule has 3 nitrogen and oxygen atoms in total. The summed E-state index contributed by atoms with van der Waals surface area (Å²) in [6.07, 6.45) is 3.31. The summed E-state index contributed by atoms with van der Waals surface area (Å²) in [5, 5.41) is 24.4. The molecule has 1 aromatic rings. The number of hydrogen-bond acceptors (Lipinski definition) is 3. The Balaban J connectivity index is 1.82. The van der Waals surface area contributed by atoms with Gasteiger partial charge in [0, 0.05) is 23.7 Å². The van der Waals surface area contributed by atoms with Crippen molar-refractivity contribution in [3.8, 4) is 0 Å². The summed E-state index contributed by atoms with van der Waals surface area (Å²) in [7, 11) is 0. The van der Waals surface area contributed by atoms with Gasteiger partial charge in [-0.15, -0.1) is 0 Å². The van der Waals surface area contributed by atoms with Crippen molar-refractivity contribution >= 4 is 11.6 Å². The molecule has 0 heterocycles. The second-order valence-electron chi connectivity index (χ2n) is 6.09. The van der Waals surface area contributed by atoms with Crippen molar-refractivity contribution < 1.29 is 10.2 Å². The first kappa shape index (κ1) is 15.8. The maximum atomic E-state index is 10.5. The molecule has 1 aromatic carbocycles. The van der Waals surface area contributed by atoms with Gasteiger partial charge in [-0.1, -0.05) is 49.6 Å². The van der Waals surface area contributed by atoms with Gasteiger partial charge in [-0.05, 0) is 24.8 Å². The largest absolute Gasteiger partial charge is 0.389 e. The number of aliphatic hydroxyl groups excluding tert-OH is 1. The summed E-state index contributed by atoms with van der Waals surface area (Å²) >= 11 is 6.06. The first-order valence-corrected chi connectivity index (χ1v) is 7.73. The fourth-order valence-electron chi connectivity index (χ4n) is 3.09. The number of rotatable bonds is 5. The van der Waals surface area contributed by atoms with Crippen molar-refractivity contribution in [3.05, 3.63) is 34.9 Å². The highest BCUT2D eigenvalue weighted by molar-refractivity contribution is 6.31. The average Bonchev–Trinajstić information content (AvgIpc) is 2.38. The monoisotopic (exact) mass is 297 g/mol. The van der Waals surface area contributed by atoms with Crippen LogP contribution < -0.4 is 5.32 Å². The van der Waals surface area contributed by atoms with Crippen LogP contribution in [0.2, 0.25) is 5.02 Å². The molecule has 1 aliphatic carbocycles. The van der Waals surface area contributed by atoms with Crippen LogP contribution in [-0.2, 0) is 0 Å². The number of aliphatic hydroxyl groups is 2. The van der Waals surface area contributed by atoms with Crippen molar-refractivity contribution in [2.24, 2.45) is 5.92 Å². The van der Waals surface area contributed by atoms with Gasteiger partial charge < -0.3 is 15.5 Å². The molecular weight excluding hydrogens is 274 g/mol. The van der Waals surface area contributed by atoms with Gasteiger partial charge in [-0.3, -0.25) is 0 Å². The lowest BCUT2D eigenvalue weighted by atomic mass is 9.79. The highest BCUT2D eigenvalue weighted by Gasteiger charge is 2.32. The molecule has 3 atom stereocenters. The molecule has 1 fully saturated rings. The fourth-order valence-corrected chi connectivity index (χ4v) is 3.35. The molecular formula is C16H24ClNO2. The molecule has 1 aliphatic rings. The summed E-state index contributed by atoms with van der Waals surface area (Å²) in [6.45, 7) is 3.11. The van der Waals surface area contributed by atoms with E-state index in [1.165, 1.54) is 6.42 Å². The Hall–Kier alpha value is -0.610. The van der Waals surface area contributed by atoms with Gasteiger partial charge in [0.1, 0.15) is 0 Å². The lowest BCUT2D eigenvalue weighted by molar-refractivity contribution is -0.0135. The van der Waals surface area contributed by atoms with Crippen molar-refractivity contribution in [1.29, 1.82) is 0 Å². The minimum atomic E-state index is -0.645. The lowest BCUT2D eigenvalue weighted by Gasteiger charge is -2.36. The number of hydrogen-bond donors (Lipinski definition) is 3. The van der Waals surface area contributed by atoms with E-state index in [9.17, 15) is 10.2 Å². The summed E-state index contributed by atoms with van der Waals surface area (Å²) in [5.74, 6) is 0.573. The summed E-state index contributed by atoms with van der Waals surface area (Å²) in [4.78, 5) is 0. The standard InChI is InChI=1S/C16H24ClNO2/c1-12-5-4-8-16(20,9-12)11-18-10-15(19)13-6-2-3-7-14(13)17/h2-3,6-7,12,15,18-20H,4-5,8-11H2,1H3. The Morgan fingerprint density at radius 3 is 2.90 bits per heavy atom. The van der Waals surface area contributed by atoms with Crippen LogP contribution in [0.25, 0.3) is 0 Å². The Morgan fingerprint density at radius 2 is 2.20 bits per heavy atom. The van der Waals surface area contributed by atoms with E-state index in [2.05, 4.69) is 12.2 Å². The van der Waals surface area contributed by atoms with Gasteiger partial charge >= 0.3 is 0 Å². The highest BCUT2D eigenvalue weighted by Crippen LogP contribution is 2.31. The quantitative estimate of drug-likeness (QED) is 0.783. The van der Waals surface area contributed by atoms with Crippen molar-refractivity contribution in [1.82, 2.24) is 5.32 Å². The zero-order valence-corrected chi connectivity index (χ0v) is 12.7. The van der Waals surface area contributed by atoms with E-state index in [1.807, 2.05) is 18.2 Å². The Kier molecular flexibility index (Phi) is 5.44. The second kappa shape index (κ2) is 6.90. The zero-order chi connectivity index (χ0) is 14.6. The smallest absolute Gasteiger partial charge is 0.0928 e. The van der Waals surface area contributed by atoms with Gasteiger partial charge in [0.15, 0.2) is 0 Å². The van der Waals surface area contributed by atoms with E-state index in [0.29, 0.717) is 24.0 Å². The third-order valence-electron chi connectivity index (χ3n) is 4.12. The topological polar surface area (TPSA) is 52.5 Å². The molecule has 0 radical (unpaired) electrons. The summed E-state index contributed by atoms with van der Waals surface area (Å²) < 4.78 is 0. The average molecular weight is 298 g/mol. The van der Waals surface area contributed by atoms with Crippen molar-refractivity contribution in [2.75, 3.05) is 13.1 Å². The molecule has 0 saturated heterocycles. The van der Waals surface area contributed by atoms with Gasteiger partial charge in [-0.2, -0.15) is 0 Å². The minimum Gasteiger partial charge on any atom is -0.389 e. The molecule has 112 valence electrons. The molecule has 0 spiro atoms. The number of benzene rings is 1. The molecule has 3 unspecified atom stereocenters. The molecule has 3 N–H and O–H groups in total. The van der Waals surface area contributed by atoms with E-state index >= 15 is 0 Å². The maximum absolute atomic E-state index is 10.5. The van der Waals surface area contributed by atoms with Gasteiger partial charge in [-0.25, -0.2) is 0 Å². The normalized spacial score (nSPS) is 28.3. The number of nitrogens with one attached hydrogen (secondary N) is 1. The van der Waals surface area contributed by atoms with Crippen LogP contribution in [0.15, 0.2) is 24.3 Å². The van der Waals surface area contributed by atoms with Crippen LogP contribution >= 0.6 is 11.6 Å². The Labute approximate surface area is 126 Å². The molecule has 20 heavy (non-hydrogen) atoms. The van der Waals surface area contributed by atoms with Crippen LogP contribution in [0.4, 0.5) is 0 Å². The highest BCUT2D eigenvalue weighted by atomic mass is 35.5. The van der Waals surface area contributed by atoms with Crippen LogP contribution in [0.3, 0.4) is 0 Å². The van der Waals surface area contributed by atoms with E-state index in [0.717, 1.165) is 24.8 Å².